The van der Waals surface area contributed by atoms with Gasteiger partial charge in [-0.05, 0) is 12.1 Å². The Labute approximate surface area is 73.7 Å². The van der Waals surface area contributed by atoms with Gasteiger partial charge in [0.1, 0.15) is 0 Å². The van der Waals surface area contributed by atoms with Crippen molar-refractivity contribution in [2.24, 2.45) is 0 Å². The van der Waals surface area contributed by atoms with Crippen molar-refractivity contribution in [2.45, 2.75) is 0 Å². The van der Waals surface area contributed by atoms with Crippen LogP contribution in [-0.2, 0) is 0 Å². The fourth-order valence-electron chi connectivity index (χ4n) is 0.605. The van der Waals surface area contributed by atoms with Gasteiger partial charge in [-0.2, -0.15) is 0 Å². The molecule has 0 heterocycles. The standard InChI is InChI=1S/C7H9N.2ClH/c1-8-7-5-3-2-4-6-7;;/h2-6,8H,1H3;2*1H. The predicted octanol–water partition coefficient (Wildman–Crippen LogP) is 2.57. The van der Waals surface area contributed by atoms with Crippen molar-refractivity contribution in [1.29, 1.82) is 0 Å². The average Bonchev–Trinajstić information content (AvgIpc) is 1.90. The third-order valence-electron chi connectivity index (χ3n) is 1.06. The predicted molar refractivity (Wildman–Crippen MR) is 50.5 cm³/mol. The van der Waals surface area contributed by atoms with E-state index in [4.69, 9.17) is 0 Å². The molecule has 10 heavy (non-hydrogen) atoms. The molecular formula is C7H11Cl2N. The van der Waals surface area contributed by atoms with Crippen LogP contribution in [0.3, 0.4) is 0 Å². The Morgan fingerprint density at radius 1 is 1.00 bits per heavy atom. The lowest BCUT2D eigenvalue weighted by Crippen LogP contribution is -1.84. The van der Waals surface area contributed by atoms with E-state index in [0.717, 1.165) is 5.69 Å². The van der Waals surface area contributed by atoms with Gasteiger partial charge >= 0.3 is 0 Å². The van der Waals surface area contributed by atoms with Crippen LogP contribution >= 0.6 is 24.8 Å². The zero-order valence-corrected chi connectivity index (χ0v) is 7.34. The summed E-state index contributed by atoms with van der Waals surface area (Å²) in [7, 11) is 1.91. The quantitative estimate of drug-likeness (QED) is 0.700. The lowest BCUT2D eigenvalue weighted by atomic mass is 10.3. The maximum Gasteiger partial charge on any atom is 0.0337 e. The van der Waals surface area contributed by atoms with Crippen LogP contribution in [0.15, 0.2) is 30.3 Å². The van der Waals surface area contributed by atoms with E-state index >= 15 is 0 Å². The van der Waals surface area contributed by atoms with Crippen LogP contribution in [0.5, 0.6) is 0 Å². The third kappa shape index (κ3) is 3.59. The van der Waals surface area contributed by atoms with Crippen molar-refractivity contribution in [3.63, 3.8) is 0 Å². The van der Waals surface area contributed by atoms with Gasteiger partial charge in [0.15, 0.2) is 0 Å². The van der Waals surface area contributed by atoms with Gasteiger partial charge in [0, 0.05) is 12.7 Å². The van der Waals surface area contributed by atoms with Crippen LogP contribution in [-0.4, -0.2) is 7.05 Å². The minimum atomic E-state index is 0. The number of anilines is 1. The molecule has 0 unspecified atom stereocenters. The van der Waals surface area contributed by atoms with Gasteiger partial charge in [0.25, 0.3) is 0 Å². The fourth-order valence-corrected chi connectivity index (χ4v) is 0.605. The summed E-state index contributed by atoms with van der Waals surface area (Å²) in [5.74, 6) is 0. The van der Waals surface area contributed by atoms with Gasteiger partial charge in [-0.25, -0.2) is 0 Å². The van der Waals surface area contributed by atoms with E-state index in [0.29, 0.717) is 0 Å². The summed E-state index contributed by atoms with van der Waals surface area (Å²) < 4.78 is 0. The number of nitrogens with one attached hydrogen (secondary N) is 1. The normalized spacial score (nSPS) is 6.90. The number of rotatable bonds is 1. The molecule has 0 atom stereocenters. The maximum atomic E-state index is 3.03. The molecule has 0 bridgehead atoms. The molecule has 0 aliphatic heterocycles. The number of hydrogen-bond donors (Lipinski definition) is 1. The molecule has 0 aromatic heterocycles. The topological polar surface area (TPSA) is 12.0 Å². The highest BCUT2D eigenvalue weighted by atomic mass is 35.5. The van der Waals surface area contributed by atoms with E-state index in [2.05, 4.69) is 5.32 Å². The van der Waals surface area contributed by atoms with Crippen LogP contribution in [0.1, 0.15) is 0 Å². The number of halogens is 2. The molecule has 1 nitrogen and oxygen atoms in total. The summed E-state index contributed by atoms with van der Waals surface area (Å²) in [6.45, 7) is 0. The van der Waals surface area contributed by atoms with Crippen LogP contribution in [0.25, 0.3) is 0 Å². The Kier molecular flexibility index (Phi) is 8.26. The molecule has 0 aliphatic carbocycles. The summed E-state index contributed by atoms with van der Waals surface area (Å²) in [5.41, 5.74) is 1.16. The van der Waals surface area contributed by atoms with Crippen molar-refractivity contribution in [2.75, 3.05) is 12.4 Å². The SMILES string of the molecule is CNc1ccccc1.Cl.Cl. The van der Waals surface area contributed by atoms with Crippen LogP contribution in [0.4, 0.5) is 5.69 Å². The minimum absolute atomic E-state index is 0. The summed E-state index contributed by atoms with van der Waals surface area (Å²) in [6.07, 6.45) is 0. The molecule has 3 heteroatoms. The summed E-state index contributed by atoms with van der Waals surface area (Å²) in [4.78, 5) is 0. The number of para-hydroxylation sites is 1. The molecule has 1 aromatic rings. The van der Waals surface area contributed by atoms with Gasteiger partial charge in [0.05, 0.1) is 0 Å². The van der Waals surface area contributed by atoms with E-state index in [1.807, 2.05) is 37.4 Å². The monoisotopic (exact) mass is 179 g/mol. The van der Waals surface area contributed by atoms with Crippen LogP contribution in [0.2, 0.25) is 0 Å². The molecule has 0 fully saturated rings. The lowest BCUT2D eigenvalue weighted by molar-refractivity contribution is 1.51. The Balaban J connectivity index is 0. The highest BCUT2D eigenvalue weighted by molar-refractivity contribution is 5.85. The van der Waals surface area contributed by atoms with E-state index in [1.54, 1.807) is 0 Å². The first-order valence-corrected chi connectivity index (χ1v) is 2.66. The van der Waals surface area contributed by atoms with Gasteiger partial charge in [0.2, 0.25) is 0 Å². The van der Waals surface area contributed by atoms with Crippen molar-refractivity contribution in [3.05, 3.63) is 30.3 Å². The smallest absolute Gasteiger partial charge is 0.0337 e. The van der Waals surface area contributed by atoms with Crippen LogP contribution < -0.4 is 5.32 Å². The summed E-state index contributed by atoms with van der Waals surface area (Å²) >= 11 is 0. The second-order valence-corrected chi connectivity index (χ2v) is 1.62. The van der Waals surface area contributed by atoms with E-state index < -0.39 is 0 Å². The Morgan fingerprint density at radius 3 is 1.80 bits per heavy atom. The number of hydrogen-bond acceptors (Lipinski definition) is 1. The first-order valence-electron chi connectivity index (χ1n) is 2.66. The molecule has 1 rings (SSSR count). The Morgan fingerprint density at radius 2 is 1.50 bits per heavy atom. The summed E-state index contributed by atoms with van der Waals surface area (Å²) in [6, 6.07) is 10.1. The van der Waals surface area contributed by atoms with E-state index in [9.17, 15) is 0 Å². The zero-order chi connectivity index (χ0) is 5.82. The first kappa shape index (κ1) is 12.3. The second kappa shape index (κ2) is 6.72. The molecule has 58 valence electrons. The second-order valence-electron chi connectivity index (χ2n) is 1.62. The number of benzene rings is 1. The average molecular weight is 180 g/mol. The van der Waals surface area contributed by atoms with Gasteiger partial charge in [-0.15, -0.1) is 24.8 Å². The van der Waals surface area contributed by atoms with E-state index in [1.165, 1.54) is 0 Å². The van der Waals surface area contributed by atoms with Gasteiger partial charge in [-0.1, -0.05) is 18.2 Å². The van der Waals surface area contributed by atoms with Crippen molar-refractivity contribution < 1.29 is 0 Å². The van der Waals surface area contributed by atoms with Crippen LogP contribution in [0, 0.1) is 0 Å². The molecule has 0 amide bonds. The molecule has 0 radical (unpaired) electrons. The largest absolute Gasteiger partial charge is 0.388 e. The Bertz CT molecular complexity index is 153. The Hall–Kier alpha value is -0.400. The van der Waals surface area contributed by atoms with E-state index in [-0.39, 0.29) is 24.8 Å². The third-order valence-corrected chi connectivity index (χ3v) is 1.06. The molecule has 0 saturated carbocycles. The van der Waals surface area contributed by atoms with Gasteiger partial charge in [-0.3, -0.25) is 0 Å². The fraction of sp³-hybridized carbons (Fsp3) is 0.143. The highest BCUT2D eigenvalue weighted by Gasteiger charge is 1.77. The minimum Gasteiger partial charge on any atom is -0.388 e. The zero-order valence-electron chi connectivity index (χ0n) is 5.70. The highest BCUT2D eigenvalue weighted by Crippen LogP contribution is 2.01. The molecule has 0 saturated heterocycles. The molecule has 1 N–H and O–H groups in total. The lowest BCUT2D eigenvalue weighted by Gasteiger charge is -1.94. The van der Waals surface area contributed by atoms with Crippen molar-refractivity contribution in [3.8, 4) is 0 Å². The maximum absolute atomic E-state index is 3.03. The van der Waals surface area contributed by atoms with Crippen molar-refractivity contribution >= 4 is 30.5 Å². The summed E-state index contributed by atoms with van der Waals surface area (Å²) in [5, 5.41) is 3.03. The molecule has 0 aliphatic rings. The molecule has 0 spiro atoms. The van der Waals surface area contributed by atoms with Gasteiger partial charge < -0.3 is 5.32 Å². The molecular weight excluding hydrogens is 169 g/mol. The van der Waals surface area contributed by atoms with Crippen molar-refractivity contribution in [1.82, 2.24) is 0 Å². The molecule has 1 aromatic carbocycles. The first-order chi connectivity index (χ1) is 3.93.